The molecular weight excluding hydrogens is 446 g/mol. The summed E-state index contributed by atoms with van der Waals surface area (Å²) in [7, 11) is 0. The number of benzene rings is 2. The van der Waals surface area contributed by atoms with E-state index < -0.39 is 0 Å². The number of hydrogen-bond acceptors (Lipinski definition) is 3. The number of hydrogen-bond donors (Lipinski definition) is 2. The third-order valence-corrected chi connectivity index (χ3v) is 7.00. The highest BCUT2D eigenvalue weighted by Gasteiger charge is 2.11. The van der Waals surface area contributed by atoms with Crippen molar-refractivity contribution in [3.63, 3.8) is 0 Å². The van der Waals surface area contributed by atoms with Crippen molar-refractivity contribution in [2.45, 2.75) is 116 Å². The van der Waals surface area contributed by atoms with Crippen LogP contribution in [0.2, 0.25) is 0 Å². The van der Waals surface area contributed by atoms with Crippen molar-refractivity contribution in [1.82, 2.24) is 5.32 Å². The molecule has 2 N–H and O–H groups in total. The summed E-state index contributed by atoms with van der Waals surface area (Å²) < 4.78 is 5.72. The van der Waals surface area contributed by atoms with Gasteiger partial charge < -0.3 is 15.2 Å². The first kappa shape index (κ1) is 30.2. The van der Waals surface area contributed by atoms with Gasteiger partial charge in [-0.2, -0.15) is 0 Å². The molecule has 0 aliphatic carbocycles. The zero-order valence-corrected chi connectivity index (χ0v) is 22.9. The molecule has 0 aromatic heterocycles. The minimum atomic E-state index is -0.240. The maximum Gasteiger partial charge on any atom is 0.255 e. The molecule has 0 aliphatic rings. The topological polar surface area (TPSA) is 58.6 Å². The summed E-state index contributed by atoms with van der Waals surface area (Å²) in [6.45, 7) is 4.29. The first-order valence-electron chi connectivity index (χ1n) is 14.8. The van der Waals surface area contributed by atoms with E-state index in [0.717, 1.165) is 30.2 Å². The number of fused-ring (bicyclic) bond motifs is 1. The van der Waals surface area contributed by atoms with Gasteiger partial charge in [-0.3, -0.25) is 4.79 Å². The Kier molecular flexibility index (Phi) is 16.8. The second-order valence-electron chi connectivity index (χ2n) is 10.2. The number of carbonyl (C=O) groups excluding carboxylic acids is 1. The predicted molar refractivity (Wildman–Crippen MR) is 153 cm³/mol. The molecule has 36 heavy (non-hydrogen) atoms. The number of unbranched alkanes of at least 4 members (excludes halogenated alkanes) is 15. The van der Waals surface area contributed by atoms with Gasteiger partial charge in [0.1, 0.15) is 5.75 Å². The van der Waals surface area contributed by atoms with Crippen molar-refractivity contribution in [2.24, 2.45) is 0 Å². The van der Waals surface area contributed by atoms with Crippen LogP contribution in [0.5, 0.6) is 5.75 Å². The van der Waals surface area contributed by atoms with E-state index in [0.29, 0.717) is 18.7 Å². The van der Waals surface area contributed by atoms with Crippen LogP contribution in [0.25, 0.3) is 10.8 Å². The average molecular weight is 498 g/mol. The Labute approximate surface area is 220 Å². The van der Waals surface area contributed by atoms with E-state index in [1.54, 1.807) is 12.1 Å². The van der Waals surface area contributed by atoms with Gasteiger partial charge in [-0.25, -0.2) is 0 Å². The Morgan fingerprint density at radius 3 is 1.72 bits per heavy atom. The van der Waals surface area contributed by atoms with Crippen LogP contribution in [0, 0.1) is 0 Å². The third kappa shape index (κ3) is 13.3. The Bertz CT molecular complexity index is 835. The maximum absolute atomic E-state index is 12.4. The van der Waals surface area contributed by atoms with E-state index in [2.05, 4.69) is 12.2 Å². The van der Waals surface area contributed by atoms with E-state index in [4.69, 9.17) is 4.74 Å². The molecule has 0 saturated carbocycles. The molecule has 0 spiro atoms. The van der Waals surface area contributed by atoms with E-state index >= 15 is 0 Å². The number of amides is 1. The van der Waals surface area contributed by atoms with Gasteiger partial charge in [0.05, 0.1) is 5.56 Å². The molecule has 0 aliphatic heterocycles. The second-order valence-corrected chi connectivity index (χ2v) is 10.2. The molecule has 0 fully saturated rings. The van der Waals surface area contributed by atoms with Gasteiger partial charge in [0, 0.05) is 19.8 Å². The minimum absolute atomic E-state index is 0.0194. The summed E-state index contributed by atoms with van der Waals surface area (Å²) in [4.78, 5) is 12.4. The highest BCUT2D eigenvalue weighted by atomic mass is 16.5. The first-order chi connectivity index (χ1) is 17.7. The molecule has 4 heteroatoms. The van der Waals surface area contributed by atoms with Crippen LogP contribution in [-0.2, 0) is 4.74 Å². The van der Waals surface area contributed by atoms with Crippen LogP contribution < -0.4 is 5.32 Å². The summed E-state index contributed by atoms with van der Waals surface area (Å²) >= 11 is 0. The number of rotatable bonds is 22. The van der Waals surface area contributed by atoms with E-state index in [-0.39, 0.29) is 11.7 Å². The van der Waals surface area contributed by atoms with Crippen LogP contribution in [0.3, 0.4) is 0 Å². The molecule has 0 unspecified atom stereocenters. The molecular formula is C32H51NO3. The SMILES string of the molecule is CCCCCCCCCCCCCCCCCCOCCCNC(=O)c1cc2ccccc2cc1O. The van der Waals surface area contributed by atoms with E-state index in [1.165, 1.54) is 96.3 Å². The van der Waals surface area contributed by atoms with Gasteiger partial charge in [0.25, 0.3) is 5.91 Å². The number of carbonyl (C=O) groups is 1. The summed E-state index contributed by atoms with van der Waals surface area (Å²) in [6, 6.07) is 11.1. The molecule has 0 heterocycles. The van der Waals surface area contributed by atoms with Gasteiger partial charge in [0.2, 0.25) is 0 Å². The van der Waals surface area contributed by atoms with Gasteiger partial charge in [-0.05, 0) is 35.7 Å². The van der Waals surface area contributed by atoms with Crippen molar-refractivity contribution in [2.75, 3.05) is 19.8 Å². The summed E-state index contributed by atoms with van der Waals surface area (Å²) in [5.74, 6) is -0.220. The zero-order chi connectivity index (χ0) is 25.7. The van der Waals surface area contributed by atoms with Crippen molar-refractivity contribution >= 4 is 16.7 Å². The molecule has 0 radical (unpaired) electrons. The zero-order valence-electron chi connectivity index (χ0n) is 22.9. The molecule has 4 nitrogen and oxygen atoms in total. The number of ether oxygens (including phenoxy) is 1. The Morgan fingerprint density at radius 1 is 0.694 bits per heavy atom. The number of aromatic hydroxyl groups is 1. The van der Waals surface area contributed by atoms with Crippen molar-refractivity contribution in [1.29, 1.82) is 0 Å². The van der Waals surface area contributed by atoms with Crippen molar-refractivity contribution in [3.8, 4) is 5.75 Å². The number of phenols is 1. The van der Waals surface area contributed by atoms with Gasteiger partial charge in [0.15, 0.2) is 0 Å². The Balaban J connectivity index is 1.33. The molecule has 2 aromatic carbocycles. The lowest BCUT2D eigenvalue weighted by molar-refractivity contribution is 0.0937. The predicted octanol–water partition coefficient (Wildman–Crippen LogP) is 8.94. The lowest BCUT2D eigenvalue weighted by atomic mass is 10.0. The minimum Gasteiger partial charge on any atom is -0.507 e. The van der Waals surface area contributed by atoms with Crippen molar-refractivity contribution in [3.05, 3.63) is 42.0 Å². The molecule has 0 saturated heterocycles. The monoisotopic (exact) mass is 497 g/mol. The normalized spacial score (nSPS) is 11.2. The van der Waals surface area contributed by atoms with Crippen LogP contribution >= 0.6 is 0 Å². The van der Waals surface area contributed by atoms with Gasteiger partial charge in [-0.15, -0.1) is 0 Å². The lowest BCUT2D eigenvalue weighted by Crippen LogP contribution is -2.25. The van der Waals surface area contributed by atoms with Crippen LogP contribution in [-0.4, -0.2) is 30.8 Å². The van der Waals surface area contributed by atoms with Crippen LogP contribution in [0.15, 0.2) is 36.4 Å². The largest absolute Gasteiger partial charge is 0.507 e. The van der Waals surface area contributed by atoms with Crippen molar-refractivity contribution < 1.29 is 14.6 Å². The smallest absolute Gasteiger partial charge is 0.255 e. The average Bonchev–Trinajstić information content (AvgIpc) is 2.89. The van der Waals surface area contributed by atoms with Gasteiger partial charge in [-0.1, -0.05) is 128 Å². The first-order valence-corrected chi connectivity index (χ1v) is 14.8. The summed E-state index contributed by atoms with van der Waals surface area (Å²) in [6.07, 6.45) is 22.8. The molecule has 0 atom stereocenters. The molecule has 2 rings (SSSR count). The molecule has 202 valence electrons. The highest BCUT2D eigenvalue weighted by Crippen LogP contribution is 2.24. The molecule has 0 bridgehead atoms. The van der Waals surface area contributed by atoms with Crippen LogP contribution in [0.1, 0.15) is 126 Å². The maximum atomic E-state index is 12.4. The highest BCUT2D eigenvalue weighted by molar-refractivity contribution is 6.01. The fourth-order valence-electron chi connectivity index (χ4n) is 4.74. The molecule has 1 amide bonds. The summed E-state index contributed by atoms with van der Waals surface area (Å²) in [5, 5.41) is 14.9. The fourth-order valence-corrected chi connectivity index (χ4v) is 4.74. The van der Waals surface area contributed by atoms with E-state index in [9.17, 15) is 9.90 Å². The molecule has 2 aromatic rings. The quantitative estimate of drug-likeness (QED) is 0.160. The lowest BCUT2D eigenvalue weighted by Gasteiger charge is -2.09. The van der Waals surface area contributed by atoms with Gasteiger partial charge >= 0.3 is 0 Å². The summed E-state index contributed by atoms with van der Waals surface area (Å²) in [5.41, 5.74) is 0.322. The van der Waals surface area contributed by atoms with E-state index in [1.807, 2.05) is 24.3 Å². The Hall–Kier alpha value is -2.07. The fraction of sp³-hybridized carbons (Fsp3) is 0.656. The second kappa shape index (κ2) is 20.0. The Morgan fingerprint density at radius 2 is 1.17 bits per heavy atom. The number of nitrogens with one attached hydrogen (secondary N) is 1. The number of phenolic OH excluding ortho intramolecular Hbond substituents is 1. The third-order valence-electron chi connectivity index (χ3n) is 7.00. The van der Waals surface area contributed by atoms with Crippen LogP contribution in [0.4, 0.5) is 0 Å². The standard InChI is InChI=1S/C32H51NO3/c1-2-3-4-5-6-7-8-9-10-11-12-13-14-15-16-19-24-36-25-20-23-33-32(35)30-26-28-21-17-18-22-29(28)27-31(30)34/h17-18,21-22,26-27,34H,2-16,19-20,23-25H2,1H3,(H,33,35).